The number of urea groups is 1. The molecule has 6 heteroatoms. The van der Waals surface area contributed by atoms with Gasteiger partial charge < -0.3 is 20.1 Å². The summed E-state index contributed by atoms with van der Waals surface area (Å²) in [7, 11) is 0. The number of carbonyl (C=O) groups excluding carboxylic acids is 1. The van der Waals surface area contributed by atoms with Crippen molar-refractivity contribution in [2.45, 2.75) is 19.0 Å². The summed E-state index contributed by atoms with van der Waals surface area (Å²) < 4.78 is 11.0. The Bertz CT molecular complexity index is 499. The largest absolute Gasteiger partial charge is 0.381 e. The number of amides is 2. The molecule has 2 amide bonds. The number of ether oxygens (including phenoxy) is 2. The molecule has 3 rings (SSSR count). The lowest BCUT2D eigenvalue weighted by Crippen LogP contribution is -2.53. The van der Waals surface area contributed by atoms with Crippen LogP contribution in [0.5, 0.6) is 0 Å². The highest BCUT2D eigenvalue weighted by atomic mass is 16.5. The molecule has 2 heterocycles. The highest BCUT2D eigenvalue weighted by Crippen LogP contribution is 2.21. The van der Waals surface area contributed by atoms with Crippen LogP contribution >= 0.6 is 0 Å². The fraction of sp³-hybridized carbons (Fsp3) is 0.611. The van der Waals surface area contributed by atoms with Crippen molar-refractivity contribution >= 4 is 6.03 Å². The molecule has 1 aromatic carbocycles. The minimum absolute atomic E-state index is 0.115. The van der Waals surface area contributed by atoms with E-state index >= 15 is 0 Å². The van der Waals surface area contributed by atoms with Crippen molar-refractivity contribution in [1.29, 1.82) is 0 Å². The van der Waals surface area contributed by atoms with Crippen molar-refractivity contribution in [3.63, 3.8) is 0 Å². The van der Waals surface area contributed by atoms with E-state index in [1.807, 2.05) is 30.3 Å². The Balaban J connectivity index is 1.47. The summed E-state index contributed by atoms with van der Waals surface area (Å²) >= 11 is 0. The maximum absolute atomic E-state index is 12.1. The number of rotatable bonds is 6. The lowest BCUT2D eigenvalue weighted by molar-refractivity contribution is 0.00212. The fourth-order valence-corrected chi connectivity index (χ4v) is 3.40. The Labute approximate surface area is 143 Å². The highest BCUT2D eigenvalue weighted by Gasteiger charge is 2.31. The predicted molar refractivity (Wildman–Crippen MR) is 91.8 cm³/mol. The van der Waals surface area contributed by atoms with Crippen LogP contribution < -0.4 is 10.6 Å². The molecule has 24 heavy (non-hydrogen) atoms. The predicted octanol–water partition coefficient (Wildman–Crippen LogP) is 1.22. The second kappa shape index (κ2) is 9.01. The monoisotopic (exact) mass is 333 g/mol. The number of nitrogens with zero attached hydrogens (tertiary/aromatic N) is 1. The van der Waals surface area contributed by atoms with E-state index < -0.39 is 0 Å². The van der Waals surface area contributed by atoms with E-state index in [0.717, 1.165) is 51.5 Å². The van der Waals surface area contributed by atoms with Crippen LogP contribution in [0, 0.1) is 5.92 Å². The number of morpholine rings is 1. The molecule has 0 bridgehead atoms. The molecule has 2 N–H and O–H groups in total. The van der Waals surface area contributed by atoms with Gasteiger partial charge in [-0.05, 0) is 12.0 Å². The van der Waals surface area contributed by atoms with E-state index in [1.165, 1.54) is 0 Å². The molecule has 6 nitrogen and oxygen atoms in total. The Kier molecular flexibility index (Phi) is 6.46. The van der Waals surface area contributed by atoms with E-state index in [1.54, 1.807) is 0 Å². The lowest BCUT2D eigenvalue weighted by Gasteiger charge is -2.37. The maximum Gasteiger partial charge on any atom is 0.315 e. The number of benzene rings is 1. The van der Waals surface area contributed by atoms with Gasteiger partial charge in [0.05, 0.1) is 19.8 Å². The molecule has 2 fully saturated rings. The van der Waals surface area contributed by atoms with E-state index in [2.05, 4.69) is 15.5 Å². The van der Waals surface area contributed by atoms with Gasteiger partial charge >= 0.3 is 6.03 Å². The van der Waals surface area contributed by atoms with Crippen LogP contribution in [-0.2, 0) is 16.0 Å². The summed E-state index contributed by atoms with van der Waals surface area (Å²) in [6, 6.07) is 10.1. The molecule has 1 aromatic rings. The minimum Gasteiger partial charge on any atom is -0.381 e. The first-order valence-electron chi connectivity index (χ1n) is 8.78. The van der Waals surface area contributed by atoms with Gasteiger partial charge in [0.25, 0.3) is 0 Å². The highest BCUT2D eigenvalue weighted by molar-refractivity contribution is 5.73. The Morgan fingerprint density at radius 1 is 1.12 bits per heavy atom. The number of hydrogen-bond donors (Lipinski definition) is 2. The zero-order valence-corrected chi connectivity index (χ0v) is 14.1. The van der Waals surface area contributed by atoms with Crippen LogP contribution in [0.25, 0.3) is 0 Å². The summed E-state index contributed by atoms with van der Waals surface area (Å²) in [4.78, 5) is 14.6. The average Bonchev–Trinajstić information content (AvgIpc) is 3.16. The quantitative estimate of drug-likeness (QED) is 0.822. The van der Waals surface area contributed by atoms with Crippen molar-refractivity contribution in [3.8, 4) is 0 Å². The van der Waals surface area contributed by atoms with Crippen molar-refractivity contribution in [2.24, 2.45) is 5.92 Å². The summed E-state index contributed by atoms with van der Waals surface area (Å²) in [5, 5.41) is 5.96. The van der Waals surface area contributed by atoms with Crippen LogP contribution in [-0.4, -0.2) is 63.0 Å². The first-order chi connectivity index (χ1) is 11.8. The van der Waals surface area contributed by atoms with Crippen molar-refractivity contribution in [3.05, 3.63) is 35.9 Å². The second-order valence-electron chi connectivity index (χ2n) is 6.39. The SMILES string of the molecule is O=C(NCc1ccccc1)NC[C@H]([C@H]1CCOC1)N1CCOCC1. The van der Waals surface area contributed by atoms with Gasteiger partial charge in [-0.1, -0.05) is 30.3 Å². The Morgan fingerprint density at radius 2 is 1.92 bits per heavy atom. The molecule has 0 radical (unpaired) electrons. The molecule has 0 saturated carbocycles. The van der Waals surface area contributed by atoms with Gasteiger partial charge in [0.2, 0.25) is 0 Å². The summed E-state index contributed by atoms with van der Waals surface area (Å²) in [6.45, 7) is 6.19. The van der Waals surface area contributed by atoms with Crippen LogP contribution in [0.2, 0.25) is 0 Å². The van der Waals surface area contributed by atoms with Crippen LogP contribution in [0.1, 0.15) is 12.0 Å². The van der Waals surface area contributed by atoms with Gasteiger partial charge in [0.15, 0.2) is 0 Å². The van der Waals surface area contributed by atoms with Gasteiger partial charge in [-0.2, -0.15) is 0 Å². The molecule has 0 spiro atoms. The molecule has 0 aliphatic carbocycles. The molecular weight excluding hydrogens is 306 g/mol. The first-order valence-corrected chi connectivity index (χ1v) is 8.78. The number of hydrogen-bond acceptors (Lipinski definition) is 4. The number of carbonyl (C=O) groups is 1. The zero-order valence-electron chi connectivity index (χ0n) is 14.1. The minimum atomic E-state index is -0.115. The standard InChI is InChI=1S/C18H27N3O3/c22-18(19-12-15-4-2-1-3-5-15)20-13-17(16-6-9-24-14-16)21-7-10-23-11-8-21/h1-5,16-17H,6-14H2,(H2,19,20,22)/t16-,17+/m0/s1. The summed E-state index contributed by atoms with van der Waals surface area (Å²) in [5.74, 6) is 0.484. The summed E-state index contributed by atoms with van der Waals surface area (Å²) in [6.07, 6.45) is 1.06. The molecule has 0 aromatic heterocycles. The third-order valence-electron chi connectivity index (χ3n) is 4.79. The number of nitrogens with one attached hydrogen (secondary N) is 2. The zero-order chi connectivity index (χ0) is 16.6. The van der Waals surface area contributed by atoms with Crippen LogP contribution in [0.3, 0.4) is 0 Å². The maximum atomic E-state index is 12.1. The molecular formula is C18H27N3O3. The van der Waals surface area contributed by atoms with Crippen molar-refractivity contribution < 1.29 is 14.3 Å². The van der Waals surface area contributed by atoms with E-state index in [0.29, 0.717) is 25.0 Å². The Hall–Kier alpha value is -1.63. The topological polar surface area (TPSA) is 62.8 Å². The summed E-state index contributed by atoms with van der Waals surface area (Å²) in [5.41, 5.74) is 1.10. The van der Waals surface area contributed by atoms with E-state index in [4.69, 9.17) is 9.47 Å². The van der Waals surface area contributed by atoms with E-state index in [9.17, 15) is 4.79 Å². The first kappa shape index (κ1) is 17.2. The van der Waals surface area contributed by atoms with Gasteiger partial charge in [0, 0.05) is 44.7 Å². The molecule has 2 atom stereocenters. The average molecular weight is 333 g/mol. The van der Waals surface area contributed by atoms with Crippen LogP contribution in [0.15, 0.2) is 30.3 Å². The van der Waals surface area contributed by atoms with Gasteiger partial charge in [0.1, 0.15) is 0 Å². The lowest BCUT2D eigenvalue weighted by atomic mass is 9.97. The van der Waals surface area contributed by atoms with E-state index in [-0.39, 0.29) is 6.03 Å². The molecule has 2 aliphatic heterocycles. The molecule has 2 saturated heterocycles. The molecule has 132 valence electrons. The van der Waals surface area contributed by atoms with Gasteiger partial charge in [-0.15, -0.1) is 0 Å². The second-order valence-corrected chi connectivity index (χ2v) is 6.39. The molecule has 2 aliphatic rings. The van der Waals surface area contributed by atoms with Gasteiger partial charge in [-0.3, -0.25) is 4.90 Å². The smallest absolute Gasteiger partial charge is 0.315 e. The van der Waals surface area contributed by atoms with Crippen molar-refractivity contribution in [1.82, 2.24) is 15.5 Å². The van der Waals surface area contributed by atoms with Gasteiger partial charge in [-0.25, -0.2) is 4.79 Å². The normalized spacial score (nSPS) is 22.9. The Morgan fingerprint density at radius 3 is 2.62 bits per heavy atom. The fourth-order valence-electron chi connectivity index (χ4n) is 3.40. The molecule has 0 unspecified atom stereocenters. The van der Waals surface area contributed by atoms with Crippen LogP contribution in [0.4, 0.5) is 4.79 Å². The van der Waals surface area contributed by atoms with Crippen molar-refractivity contribution in [2.75, 3.05) is 46.1 Å². The third kappa shape index (κ3) is 4.93. The third-order valence-corrected chi connectivity index (χ3v) is 4.79.